The first-order valence-electron chi connectivity index (χ1n) is 6.60. The molecular formula is C13H21N3O2S. The van der Waals surface area contributed by atoms with Crippen LogP contribution in [0, 0.1) is 5.92 Å². The fraction of sp³-hybridized carbons (Fsp3) is 0.615. The molecule has 0 saturated carbocycles. The predicted octanol–water partition coefficient (Wildman–Crippen LogP) is 1.29. The first kappa shape index (κ1) is 14.3. The summed E-state index contributed by atoms with van der Waals surface area (Å²) in [5.74, 6) is 1.32. The second kappa shape index (κ2) is 5.88. The minimum atomic E-state index is -3.17. The van der Waals surface area contributed by atoms with Gasteiger partial charge < -0.3 is 10.6 Å². The van der Waals surface area contributed by atoms with Crippen molar-refractivity contribution >= 4 is 15.7 Å². The molecule has 2 unspecified atom stereocenters. The molecular weight excluding hydrogens is 262 g/mol. The third-order valence-electron chi connectivity index (χ3n) is 3.58. The van der Waals surface area contributed by atoms with Gasteiger partial charge in [0, 0.05) is 18.5 Å². The van der Waals surface area contributed by atoms with Gasteiger partial charge >= 0.3 is 0 Å². The standard InChI is InChI=1S/C13H21N3O2S/c1-10(11-4-3-7-14-8-11)16-13-6-5-12(9-15-13)19(2,17)18/h5-6,9-11,14H,3-4,7-8H2,1-2H3,(H,15,16). The first-order valence-corrected chi connectivity index (χ1v) is 8.49. The SMILES string of the molecule is CC(Nc1ccc(S(C)(=O)=O)cn1)C1CCCNC1. The fourth-order valence-corrected chi connectivity index (χ4v) is 2.90. The van der Waals surface area contributed by atoms with Gasteiger partial charge in [-0.05, 0) is 50.9 Å². The zero-order chi connectivity index (χ0) is 13.9. The molecule has 0 radical (unpaired) electrons. The highest BCUT2D eigenvalue weighted by atomic mass is 32.2. The Morgan fingerprint density at radius 2 is 2.26 bits per heavy atom. The molecule has 1 aliphatic rings. The Balaban J connectivity index is 1.99. The lowest BCUT2D eigenvalue weighted by atomic mass is 9.93. The average molecular weight is 283 g/mol. The summed E-state index contributed by atoms with van der Waals surface area (Å²) in [7, 11) is -3.17. The molecule has 2 N–H and O–H groups in total. The smallest absolute Gasteiger partial charge is 0.177 e. The van der Waals surface area contributed by atoms with Crippen molar-refractivity contribution in [3.63, 3.8) is 0 Å². The maximum atomic E-state index is 11.3. The Hall–Kier alpha value is -1.14. The summed E-state index contributed by atoms with van der Waals surface area (Å²) in [6.07, 6.45) is 5.01. The van der Waals surface area contributed by atoms with Crippen LogP contribution in [-0.4, -0.2) is 38.8 Å². The molecule has 19 heavy (non-hydrogen) atoms. The van der Waals surface area contributed by atoms with Crippen molar-refractivity contribution < 1.29 is 8.42 Å². The first-order chi connectivity index (χ1) is 8.97. The molecule has 2 heterocycles. The Morgan fingerprint density at radius 3 is 2.79 bits per heavy atom. The van der Waals surface area contributed by atoms with Crippen LogP contribution in [0.1, 0.15) is 19.8 Å². The highest BCUT2D eigenvalue weighted by molar-refractivity contribution is 7.90. The molecule has 2 atom stereocenters. The van der Waals surface area contributed by atoms with Gasteiger partial charge in [0.25, 0.3) is 0 Å². The topological polar surface area (TPSA) is 71.1 Å². The van der Waals surface area contributed by atoms with Gasteiger partial charge in [0.2, 0.25) is 0 Å². The monoisotopic (exact) mass is 283 g/mol. The number of pyridine rings is 1. The quantitative estimate of drug-likeness (QED) is 0.871. The van der Waals surface area contributed by atoms with Crippen molar-refractivity contribution in [2.24, 2.45) is 5.92 Å². The number of nitrogens with zero attached hydrogens (tertiary/aromatic N) is 1. The molecule has 0 spiro atoms. The normalized spacial score (nSPS) is 21.9. The Labute approximate surface area is 114 Å². The highest BCUT2D eigenvalue weighted by Gasteiger charge is 2.20. The molecule has 1 aromatic rings. The van der Waals surface area contributed by atoms with Gasteiger partial charge in [-0.25, -0.2) is 13.4 Å². The van der Waals surface area contributed by atoms with Crippen LogP contribution in [0.4, 0.5) is 5.82 Å². The minimum Gasteiger partial charge on any atom is -0.367 e. The van der Waals surface area contributed by atoms with Crippen LogP contribution in [0.25, 0.3) is 0 Å². The Kier molecular flexibility index (Phi) is 4.42. The molecule has 1 saturated heterocycles. The number of nitrogens with one attached hydrogen (secondary N) is 2. The second-order valence-corrected chi connectivity index (χ2v) is 7.21. The molecule has 0 bridgehead atoms. The van der Waals surface area contributed by atoms with E-state index >= 15 is 0 Å². The number of rotatable bonds is 4. The maximum absolute atomic E-state index is 11.3. The Morgan fingerprint density at radius 1 is 1.47 bits per heavy atom. The summed E-state index contributed by atoms with van der Waals surface area (Å²) < 4.78 is 22.7. The van der Waals surface area contributed by atoms with Crippen molar-refractivity contribution in [2.45, 2.75) is 30.7 Å². The van der Waals surface area contributed by atoms with Crippen LogP contribution in [0.5, 0.6) is 0 Å². The maximum Gasteiger partial charge on any atom is 0.177 e. The molecule has 0 aliphatic carbocycles. The van der Waals surface area contributed by atoms with Gasteiger partial charge in [0.1, 0.15) is 5.82 Å². The van der Waals surface area contributed by atoms with Crippen LogP contribution >= 0.6 is 0 Å². The summed E-state index contributed by atoms with van der Waals surface area (Å²) >= 11 is 0. The predicted molar refractivity (Wildman–Crippen MR) is 76.0 cm³/mol. The van der Waals surface area contributed by atoms with E-state index in [2.05, 4.69) is 22.5 Å². The van der Waals surface area contributed by atoms with Crippen molar-refractivity contribution in [1.82, 2.24) is 10.3 Å². The number of sulfone groups is 1. The second-order valence-electron chi connectivity index (χ2n) is 5.19. The van der Waals surface area contributed by atoms with E-state index in [1.165, 1.54) is 25.3 Å². The van der Waals surface area contributed by atoms with Crippen LogP contribution in [-0.2, 0) is 9.84 Å². The summed E-state index contributed by atoms with van der Waals surface area (Å²) in [5, 5.41) is 6.74. The highest BCUT2D eigenvalue weighted by Crippen LogP contribution is 2.18. The van der Waals surface area contributed by atoms with Crippen LogP contribution in [0.3, 0.4) is 0 Å². The molecule has 2 rings (SSSR count). The van der Waals surface area contributed by atoms with E-state index in [4.69, 9.17) is 0 Å². The number of hydrogen-bond acceptors (Lipinski definition) is 5. The zero-order valence-electron chi connectivity index (χ0n) is 11.4. The van der Waals surface area contributed by atoms with Gasteiger partial charge in [-0.3, -0.25) is 0 Å². The summed E-state index contributed by atoms with van der Waals surface area (Å²) in [5.41, 5.74) is 0. The van der Waals surface area contributed by atoms with E-state index in [1.807, 2.05) is 0 Å². The van der Waals surface area contributed by atoms with E-state index < -0.39 is 9.84 Å². The van der Waals surface area contributed by atoms with Gasteiger partial charge in [-0.1, -0.05) is 0 Å². The van der Waals surface area contributed by atoms with Crippen molar-refractivity contribution in [1.29, 1.82) is 0 Å². The van der Waals surface area contributed by atoms with Crippen molar-refractivity contribution in [3.05, 3.63) is 18.3 Å². The molecule has 0 amide bonds. The van der Waals surface area contributed by atoms with Crippen LogP contribution in [0.2, 0.25) is 0 Å². The lowest BCUT2D eigenvalue weighted by Gasteiger charge is -2.29. The summed E-state index contributed by atoms with van der Waals surface area (Å²) in [6, 6.07) is 3.64. The molecule has 1 aromatic heterocycles. The van der Waals surface area contributed by atoms with Crippen LogP contribution < -0.4 is 10.6 Å². The van der Waals surface area contributed by atoms with E-state index in [-0.39, 0.29) is 4.90 Å². The number of aromatic nitrogens is 1. The van der Waals surface area contributed by atoms with Gasteiger partial charge in [-0.15, -0.1) is 0 Å². The van der Waals surface area contributed by atoms with Crippen molar-refractivity contribution in [2.75, 3.05) is 24.7 Å². The molecule has 6 heteroatoms. The van der Waals surface area contributed by atoms with Gasteiger partial charge in [0.15, 0.2) is 9.84 Å². The zero-order valence-corrected chi connectivity index (χ0v) is 12.2. The van der Waals surface area contributed by atoms with E-state index in [0.717, 1.165) is 18.9 Å². The molecule has 106 valence electrons. The molecule has 1 fully saturated rings. The average Bonchev–Trinajstić information content (AvgIpc) is 2.39. The molecule has 1 aliphatic heterocycles. The van der Waals surface area contributed by atoms with Crippen molar-refractivity contribution in [3.8, 4) is 0 Å². The molecule has 5 nitrogen and oxygen atoms in total. The fourth-order valence-electron chi connectivity index (χ4n) is 2.34. The number of anilines is 1. The largest absolute Gasteiger partial charge is 0.367 e. The summed E-state index contributed by atoms with van der Waals surface area (Å²) in [4.78, 5) is 4.42. The molecule has 0 aromatic carbocycles. The lowest BCUT2D eigenvalue weighted by Crippen LogP contribution is -2.38. The van der Waals surface area contributed by atoms with Gasteiger partial charge in [0.05, 0.1) is 4.90 Å². The minimum absolute atomic E-state index is 0.255. The van der Waals surface area contributed by atoms with E-state index in [9.17, 15) is 8.42 Å². The van der Waals surface area contributed by atoms with Crippen LogP contribution in [0.15, 0.2) is 23.2 Å². The Bertz CT molecular complexity index is 507. The third-order valence-corrected chi connectivity index (χ3v) is 4.68. The van der Waals surface area contributed by atoms with E-state index in [1.54, 1.807) is 12.1 Å². The van der Waals surface area contributed by atoms with Gasteiger partial charge in [-0.2, -0.15) is 0 Å². The number of hydrogen-bond donors (Lipinski definition) is 2. The summed E-state index contributed by atoms with van der Waals surface area (Å²) in [6.45, 7) is 4.27. The van der Waals surface area contributed by atoms with E-state index in [0.29, 0.717) is 12.0 Å². The lowest BCUT2D eigenvalue weighted by molar-refractivity contribution is 0.346. The number of piperidine rings is 1. The third kappa shape index (κ3) is 3.91.